The van der Waals surface area contributed by atoms with Gasteiger partial charge in [-0.05, 0) is 6.07 Å². The Morgan fingerprint density at radius 3 is 2.82 bits per heavy atom. The number of hydrogen-bond acceptors (Lipinski definition) is 5. The molecule has 9 heteroatoms. The highest BCUT2D eigenvalue weighted by molar-refractivity contribution is 7.88. The fourth-order valence-corrected chi connectivity index (χ4v) is 3.71. The molecule has 0 aromatic carbocycles. The molecule has 1 fully saturated rings. The summed E-state index contributed by atoms with van der Waals surface area (Å²) in [5, 5.41) is 4.25. The van der Waals surface area contributed by atoms with Gasteiger partial charge in [0.25, 0.3) is 0 Å². The number of ether oxygens (including phenoxy) is 1. The number of carbonyl (C=O) groups is 1. The number of nitrogens with zero attached hydrogens (tertiary/aromatic N) is 4. The predicted octanol–water partition coefficient (Wildman–Crippen LogP) is -0.552. The Morgan fingerprint density at radius 2 is 2.14 bits per heavy atom. The minimum absolute atomic E-state index is 0.0186. The van der Waals surface area contributed by atoms with Crippen molar-refractivity contribution in [3.05, 3.63) is 18.0 Å². The first-order chi connectivity index (χ1) is 10.4. The van der Waals surface area contributed by atoms with E-state index in [1.54, 1.807) is 21.8 Å². The van der Waals surface area contributed by atoms with Crippen molar-refractivity contribution < 1.29 is 17.9 Å². The molecular formula is C13H20N4O4S. The van der Waals surface area contributed by atoms with Crippen LogP contribution in [0, 0.1) is 0 Å². The quantitative estimate of drug-likeness (QED) is 0.743. The Labute approximate surface area is 129 Å². The predicted molar refractivity (Wildman–Crippen MR) is 78.5 cm³/mol. The number of rotatable bonds is 3. The molecule has 22 heavy (non-hydrogen) atoms. The van der Waals surface area contributed by atoms with Crippen molar-refractivity contribution >= 4 is 15.9 Å². The molecule has 2 aliphatic rings. The summed E-state index contributed by atoms with van der Waals surface area (Å²) in [6.45, 7) is 2.88. The maximum atomic E-state index is 12.4. The largest absolute Gasteiger partial charge is 0.378 e. The number of morpholine rings is 1. The Morgan fingerprint density at radius 1 is 1.41 bits per heavy atom. The summed E-state index contributed by atoms with van der Waals surface area (Å²) in [6, 6.07) is 1.53. The number of aromatic nitrogens is 2. The third kappa shape index (κ3) is 3.16. The van der Waals surface area contributed by atoms with Crippen molar-refractivity contribution in [2.75, 3.05) is 39.1 Å². The minimum atomic E-state index is -3.29. The second kappa shape index (κ2) is 5.98. The molecule has 0 spiro atoms. The van der Waals surface area contributed by atoms with Crippen molar-refractivity contribution in [2.24, 2.45) is 0 Å². The van der Waals surface area contributed by atoms with E-state index in [1.807, 2.05) is 0 Å². The standard InChI is InChI=1S/C13H20N4O4S/c1-22(19,20)16-9-11-2-3-14-17(11)12(10-16)8-13(18)15-4-6-21-7-5-15/h2-3,12H,4-10H2,1H3. The molecule has 0 radical (unpaired) electrons. The lowest BCUT2D eigenvalue weighted by molar-refractivity contribution is -0.136. The summed E-state index contributed by atoms with van der Waals surface area (Å²) in [6.07, 6.45) is 3.09. The van der Waals surface area contributed by atoms with Crippen molar-refractivity contribution in [1.29, 1.82) is 0 Å². The minimum Gasteiger partial charge on any atom is -0.378 e. The van der Waals surface area contributed by atoms with Gasteiger partial charge in [-0.3, -0.25) is 9.48 Å². The van der Waals surface area contributed by atoms with Crippen molar-refractivity contribution in [1.82, 2.24) is 19.0 Å². The van der Waals surface area contributed by atoms with Crippen LogP contribution in [0.4, 0.5) is 0 Å². The molecule has 2 aliphatic heterocycles. The monoisotopic (exact) mass is 328 g/mol. The third-order valence-electron chi connectivity index (χ3n) is 4.09. The molecule has 0 bridgehead atoms. The van der Waals surface area contributed by atoms with Crippen LogP contribution in [0.1, 0.15) is 18.2 Å². The Kier molecular flexibility index (Phi) is 4.20. The summed E-state index contributed by atoms with van der Waals surface area (Å²) >= 11 is 0. The van der Waals surface area contributed by atoms with Crippen LogP contribution in [-0.2, 0) is 26.1 Å². The first kappa shape index (κ1) is 15.4. The maximum Gasteiger partial charge on any atom is 0.224 e. The summed E-state index contributed by atoms with van der Waals surface area (Å²) < 4.78 is 32.1. The van der Waals surface area contributed by atoms with Gasteiger partial charge in [0.2, 0.25) is 15.9 Å². The number of sulfonamides is 1. The van der Waals surface area contributed by atoms with Gasteiger partial charge in [-0.1, -0.05) is 0 Å². The van der Waals surface area contributed by atoms with Crippen molar-refractivity contribution in [2.45, 2.75) is 19.0 Å². The van der Waals surface area contributed by atoms with Crippen LogP contribution in [0.25, 0.3) is 0 Å². The van der Waals surface area contributed by atoms with Crippen LogP contribution in [-0.4, -0.2) is 72.4 Å². The van der Waals surface area contributed by atoms with Crippen molar-refractivity contribution in [3.8, 4) is 0 Å². The van der Waals surface area contributed by atoms with Crippen LogP contribution in [0.15, 0.2) is 12.3 Å². The third-order valence-corrected chi connectivity index (χ3v) is 5.31. The Hall–Kier alpha value is -1.45. The number of amides is 1. The maximum absolute atomic E-state index is 12.4. The smallest absolute Gasteiger partial charge is 0.224 e. The molecule has 1 aromatic heterocycles. The number of hydrogen-bond donors (Lipinski definition) is 0. The highest BCUT2D eigenvalue weighted by Crippen LogP contribution is 2.25. The molecular weight excluding hydrogens is 308 g/mol. The van der Waals surface area contributed by atoms with Gasteiger partial charge in [0.05, 0.1) is 44.2 Å². The molecule has 1 atom stereocenters. The second-order valence-electron chi connectivity index (χ2n) is 5.67. The van der Waals surface area contributed by atoms with E-state index >= 15 is 0 Å². The summed E-state index contributed by atoms with van der Waals surface area (Å²) in [5.41, 5.74) is 0.816. The fourth-order valence-electron chi connectivity index (χ4n) is 2.90. The van der Waals surface area contributed by atoms with Gasteiger partial charge < -0.3 is 9.64 Å². The van der Waals surface area contributed by atoms with Gasteiger partial charge in [0.15, 0.2) is 0 Å². The van der Waals surface area contributed by atoms with Crippen molar-refractivity contribution in [3.63, 3.8) is 0 Å². The summed E-state index contributed by atoms with van der Waals surface area (Å²) in [5.74, 6) is 0.0186. The highest BCUT2D eigenvalue weighted by atomic mass is 32.2. The van der Waals surface area contributed by atoms with Crippen LogP contribution in [0.5, 0.6) is 0 Å². The van der Waals surface area contributed by atoms with Crippen LogP contribution >= 0.6 is 0 Å². The first-order valence-electron chi connectivity index (χ1n) is 7.28. The Bertz CT molecular complexity index is 651. The first-order valence-corrected chi connectivity index (χ1v) is 9.13. The summed E-state index contributed by atoms with van der Waals surface area (Å²) in [4.78, 5) is 14.2. The average Bonchev–Trinajstić information content (AvgIpc) is 2.96. The molecule has 3 heterocycles. The normalized spacial score (nSPS) is 23.3. The summed E-state index contributed by atoms with van der Waals surface area (Å²) in [7, 11) is -3.29. The second-order valence-corrected chi connectivity index (χ2v) is 7.66. The van der Waals surface area contributed by atoms with Crippen LogP contribution in [0.3, 0.4) is 0 Å². The van der Waals surface area contributed by atoms with E-state index in [-0.39, 0.29) is 24.9 Å². The van der Waals surface area contributed by atoms with Gasteiger partial charge in [0, 0.05) is 25.8 Å². The number of fused-ring (bicyclic) bond motifs is 1. The molecule has 0 N–H and O–H groups in total. The molecule has 1 aromatic rings. The molecule has 1 unspecified atom stereocenters. The van der Waals surface area contributed by atoms with E-state index in [2.05, 4.69) is 5.10 Å². The van der Waals surface area contributed by atoms with E-state index in [9.17, 15) is 13.2 Å². The van der Waals surface area contributed by atoms with E-state index < -0.39 is 10.0 Å². The SMILES string of the molecule is CS(=O)(=O)N1Cc2ccnn2C(CC(=O)N2CCOCC2)C1. The van der Waals surface area contributed by atoms with Crippen LogP contribution in [0.2, 0.25) is 0 Å². The van der Waals surface area contributed by atoms with Gasteiger partial charge in [-0.25, -0.2) is 8.42 Å². The number of carbonyl (C=O) groups excluding carboxylic acids is 1. The van der Waals surface area contributed by atoms with E-state index in [4.69, 9.17) is 4.74 Å². The molecule has 0 aliphatic carbocycles. The molecule has 1 amide bonds. The fraction of sp³-hybridized carbons (Fsp3) is 0.692. The topological polar surface area (TPSA) is 84.7 Å². The van der Waals surface area contributed by atoms with Gasteiger partial charge in [-0.15, -0.1) is 0 Å². The zero-order valence-corrected chi connectivity index (χ0v) is 13.3. The zero-order valence-electron chi connectivity index (χ0n) is 12.5. The molecule has 8 nitrogen and oxygen atoms in total. The lowest BCUT2D eigenvalue weighted by atomic mass is 10.1. The molecule has 0 saturated carbocycles. The molecule has 122 valence electrons. The zero-order chi connectivity index (χ0) is 15.7. The van der Waals surface area contributed by atoms with E-state index in [0.717, 1.165) is 5.69 Å². The van der Waals surface area contributed by atoms with E-state index in [1.165, 1.54) is 10.6 Å². The van der Waals surface area contributed by atoms with Gasteiger partial charge >= 0.3 is 0 Å². The average molecular weight is 328 g/mol. The van der Waals surface area contributed by atoms with Gasteiger partial charge in [-0.2, -0.15) is 9.40 Å². The molecule has 3 rings (SSSR count). The molecule has 1 saturated heterocycles. The van der Waals surface area contributed by atoms with Gasteiger partial charge in [0.1, 0.15) is 0 Å². The van der Waals surface area contributed by atoms with E-state index in [0.29, 0.717) is 32.8 Å². The Balaban J connectivity index is 1.76. The lowest BCUT2D eigenvalue weighted by Gasteiger charge is -2.34. The lowest BCUT2D eigenvalue weighted by Crippen LogP contribution is -2.45. The van der Waals surface area contributed by atoms with Crippen LogP contribution < -0.4 is 0 Å². The highest BCUT2D eigenvalue weighted by Gasteiger charge is 2.32.